The molecule has 352 valence electrons. The number of fused-ring (bicyclic) bond motifs is 2. The van der Waals surface area contributed by atoms with Gasteiger partial charge in [0, 0.05) is 54.6 Å². The molecule has 10 nitrogen and oxygen atoms in total. The molecule has 0 atom stereocenters. The van der Waals surface area contributed by atoms with Crippen LogP contribution in [-0.4, -0.2) is 76.7 Å². The number of rotatable bonds is 22. The number of halogens is 1. The van der Waals surface area contributed by atoms with Crippen molar-refractivity contribution in [1.82, 2.24) is 9.80 Å². The quantitative estimate of drug-likeness (QED) is 0.0508. The number of unbranched alkanes of at least 4 members (excludes halogenated alkanes) is 4. The number of ketones is 2. The molecule has 0 bridgehead atoms. The molecule has 0 spiro atoms. The van der Waals surface area contributed by atoms with E-state index in [4.69, 9.17) is 19.5 Å². The summed E-state index contributed by atoms with van der Waals surface area (Å²) in [5, 5.41) is 17.2. The van der Waals surface area contributed by atoms with Crippen LogP contribution < -0.4 is 5.46 Å². The summed E-state index contributed by atoms with van der Waals surface area (Å²) in [4.78, 5) is 52.8. The van der Waals surface area contributed by atoms with Crippen LogP contribution in [0.25, 0.3) is 11.1 Å². The topological polar surface area (TPSA) is 134 Å². The van der Waals surface area contributed by atoms with Crippen LogP contribution in [-0.2, 0) is 45.4 Å². The van der Waals surface area contributed by atoms with Gasteiger partial charge in [0.1, 0.15) is 13.2 Å². The van der Waals surface area contributed by atoms with Crippen LogP contribution in [0.2, 0.25) is 0 Å². The summed E-state index contributed by atoms with van der Waals surface area (Å²) >= 11 is 3.45. The molecule has 68 heavy (non-hydrogen) atoms. The molecule has 6 aromatic carbocycles. The molecule has 0 saturated carbocycles. The Bertz CT molecular complexity index is 2510. The Kier molecular flexibility index (Phi) is 20.9. The Hall–Kier alpha value is -6.02. The van der Waals surface area contributed by atoms with Gasteiger partial charge in [-0.05, 0) is 94.9 Å². The number of benzene rings is 6. The van der Waals surface area contributed by atoms with Crippen LogP contribution in [0.1, 0.15) is 94.3 Å². The number of carbonyl (C=O) groups is 4. The number of carbonyl (C=O) groups excluding carboxylic acids is 4. The fourth-order valence-electron chi connectivity index (χ4n) is 7.99. The van der Waals surface area contributed by atoms with Crippen molar-refractivity contribution in [3.8, 4) is 11.1 Å². The Balaban J connectivity index is 0.000000191. The molecule has 2 aliphatic rings. The summed E-state index contributed by atoms with van der Waals surface area (Å²) in [5.41, 5.74) is 8.80. The third kappa shape index (κ3) is 16.6. The highest BCUT2D eigenvalue weighted by atomic mass is 79.9. The first-order valence-corrected chi connectivity index (χ1v) is 24.2. The van der Waals surface area contributed by atoms with E-state index in [1.54, 1.807) is 24.3 Å². The van der Waals surface area contributed by atoms with E-state index in [1.807, 2.05) is 125 Å². The van der Waals surface area contributed by atoms with Gasteiger partial charge in [-0.25, -0.2) is 0 Å². The van der Waals surface area contributed by atoms with Gasteiger partial charge in [-0.1, -0.05) is 156 Å². The molecule has 2 heterocycles. The van der Waals surface area contributed by atoms with Gasteiger partial charge in [-0.15, -0.1) is 0 Å². The maximum Gasteiger partial charge on any atom is 0.488 e. The second-order valence-corrected chi connectivity index (χ2v) is 17.8. The molecule has 6 aromatic rings. The lowest BCUT2D eigenvalue weighted by atomic mass is 9.81. The first kappa shape index (κ1) is 51.4. The summed E-state index contributed by atoms with van der Waals surface area (Å²) in [5.74, 6) is 0.507. The highest BCUT2D eigenvalue weighted by Gasteiger charge is 2.28. The molecule has 0 fully saturated rings. The average molecular weight is 980 g/mol. The third-order valence-electron chi connectivity index (χ3n) is 11.7. The highest BCUT2D eigenvalue weighted by Crippen LogP contribution is 2.29. The van der Waals surface area contributed by atoms with E-state index in [2.05, 4.69) is 34.1 Å². The van der Waals surface area contributed by atoms with Gasteiger partial charge >= 0.3 is 7.12 Å². The number of hydrogen-bond donors (Lipinski definition) is 2. The summed E-state index contributed by atoms with van der Waals surface area (Å²) < 4.78 is 12.0. The summed E-state index contributed by atoms with van der Waals surface area (Å²) in [6.45, 7) is 4.09. The lowest BCUT2D eigenvalue weighted by Crippen LogP contribution is -2.29. The van der Waals surface area contributed by atoms with Gasteiger partial charge in [0.15, 0.2) is 11.6 Å². The summed E-state index contributed by atoms with van der Waals surface area (Å²) in [6.07, 6.45) is 6.44. The first-order valence-electron chi connectivity index (χ1n) is 23.4. The van der Waals surface area contributed by atoms with E-state index < -0.39 is 7.12 Å². The van der Waals surface area contributed by atoms with Gasteiger partial charge in [0.25, 0.3) is 11.8 Å². The Morgan fingerprint density at radius 1 is 0.515 bits per heavy atom. The van der Waals surface area contributed by atoms with Crippen LogP contribution in [0.15, 0.2) is 162 Å². The van der Waals surface area contributed by atoms with Crippen molar-refractivity contribution in [2.75, 3.05) is 26.3 Å². The monoisotopic (exact) mass is 978 g/mol. The lowest BCUT2D eigenvalue weighted by Gasteiger charge is -2.15. The van der Waals surface area contributed by atoms with Crippen molar-refractivity contribution in [3.05, 3.63) is 196 Å². The zero-order chi connectivity index (χ0) is 47.9. The molecule has 2 N–H and O–H groups in total. The van der Waals surface area contributed by atoms with Gasteiger partial charge in [-0.3, -0.25) is 19.2 Å². The number of nitrogens with zero attached hydrogens (tertiary/aromatic N) is 2. The van der Waals surface area contributed by atoms with Gasteiger partial charge in [0.05, 0.1) is 13.2 Å². The molecule has 0 saturated heterocycles. The van der Waals surface area contributed by atoms with Crippen molar-refractivity contribution >= 4 is 51.9 Å². The molecule has 2 aliphatic heterocycles. The normalized spacial score (nSPS) is 12.4. The maximum absolute atomic E-state index is 12.7. The molecular weight excluding hydrogens is 919 g/mol. The van der Waals surface area contributed by atoms with Crippen LogP contribution in [0.5, 0.6) is 0 Å². The Labute approximate surface area is 409 Å². The van der Waals surface area contributed by atoms with Crippen molar-refractivity contribution in [2.24, 2.45) is 0 Å². The van der Waals surface area contributed by atoms with E-state index in [0.717, 1.165) is 95.0 Å². The smallest absolute Gasteiger partial charge is 0.423 e. The third-order valence-corrected chi connectivity index (χ3v) is 12.1. The summed E-state index contributed by atoms with van der Waals surface area (Å²) in [7, 11) is -1.34. The van der Waals surface area contributed by atoms with Crippen LogP contribution in [0.3, 0.4) is 0 Å². The molecule has 0 unspecified atom stereocenters. The Morgan fingerprint density at radius 3 is 1.43 bits per heavy atom. The van der Waals surface area contributed by atoms with E-state index in [1.165, 1.54) is 5.56 Å². The van der Waals surface area contributed by atoms with Gasteiger partial charge in [0.2, 0.25) is 0 Å². The minimum atomic E-state index is -1.34. The number of amides is 2. The molecular formula is C56H60BBrN2O8. The van der Waals surface area contributed by atoms with Crippen molar-refractivity contribution in [1.29, 1.82) is 0 Å². The second kappa shape index (κ2) is 27.7. The van der Waals surface area contributed by atoms with Crippen LogP contribution in [0, 0.1) is 0 Å². The predicted octanol–water partition coefficient (Wildman–Crippen LogP) is 9.77. The number of Topliss-reactive ketones (excluding diaryl/α,β-unsaturated/α-hetero) is 2. The maximum atomic E-state index is 12.7. The predicted molar refractivity (Wildman–Crippen MR) is 271 cm³/mol. The second-order valence-electron chi connectivity index (χ2n) is 16.9. The summed E-state index contributed by atoms with van der Waals surface area (Å²) in [6, 6.07) is 50.6. The molecule has 12 heteroatoms. The average Bonchev–Trinajstić information content (AvgIpc) is 3.85. The standard InChI is InChI=1S/C28H29NO3.C22H24BrNO3.C6H7BO2/c30-26(21-32-20-22-10-4-1-5-11-22)14-8-3-9-17-29-19-25-18-24(15-16-27(25)28(29)31)23-12-6-2-7-13-23;23-19-10-11-21-18(13-19)14-24(22(21)26)12-6-2-5-9-20(25)16-27-15-17-7-3-1-4-8-17;8-7(9)6-4-2-1-3-5-6/h1-2,4-7,10-13,15-16,18H,3,8-9,14,17,19-21H2;1,3-4,7-8,10-11,13H,2,5-6,9,12,14-16H2;1-5,8-9H. The van der Waals surface area contributed by atoms with Crippen LogP contribution in [0.4, 0.5) is 0 Å². The highest BCUT2D eigenvalue weighted by molar-refractivity contribution is 9.10. The van der Waals surface area contributed by atoms with Crippen molar-refractivity contribution < 1.29 is 38.7 Å². The van der Waals surface area contributed by atoms with E-state index in [9.17, 15) is 19.2 Å². The molecule has 0 aromatic heterocycles. The van der Waals surface area contributed by atoms with E-state index in [0.29, 0.717) is 44.6 Å². The Morgan fingerprint density at radius 2 is 0.956 bits per heavy atom. The molecule has 0 radical (unpaired) electrons. The minimum Gasteiger partial charge on any atom is -0.423 e. The van der Waals surface area contributed by atoms with Gasteiger partial charge < -0.3 is 29.3 Å². The SMILES string of the molecule is O=C(CCCCCN1Cc2cc(-c3ccccc3)ccc2C1=O)COCc1ccccc1.O=C(CCCCCN1Cc2cc(Br)ccc2C1=O)COCc1ccccc1.OB(O)c1ccccc1. The lowest BCUT2D eigenvalue weighted by molar-refractivity contribution is -0.124. The first-order chi connectivity index (χ1) is 33.1. The molecule has 8 rings (SSSR count). The largest absolute Gasteiger partial charge is 0.488 e. The van der Waals surface area contributed by atoms with E-state index >= 15 is 0 Å². The van der Waals surface area contributed by atoms with Crippen molar-refractivity contribution in [2.45, 2.75) is 77.7 Å². The number of hydrogen-bond acceptors (Lipinski definition) is 8. The fourth-order valence-corrected chi connectivity index (χ4v) is 8.40. The fraction of sp³-hybridized carbons (Fsp3) is 0.286. The number of ether oxygens (including phenoxy) is 2. The van der Waals surface area contributed by atoms with Gasteiger partial charge in [-0.2, -0.15) is 0 Å². The van der Waals surface area contributed by atoms with Crippen molar-refractivity contribution in [3.63, 3.8) is 0 Å². The molecule has 0 aliphatic carbocycles. The van der Waals surface area contributed by atoms with E-state index in [-0.39, 0.29) is 36.6 Å². The van der Waals surface area contributed by atoms with Crippen LogP contribution >= 0.6 is 15.9 Å². The zero-order valence-electron chi connectivity index (χ0n) is 38.5. The minimum absolute atomic E-state index is 0.114. The zero-order valence-corrected chi connectivity index (χ0v) is 40.1. The molecule has 2 amide bonds.